The number of hydrogen-bond donors (Lipinski definition) is 1. The minimum absolute atomic E-state index is 0.0324. The molecular formula is C26H21F3N2O3. The van der Waals surface area contributed by atoms with Crippen LogP contribution in [0.15, 0.2) is 72.9 Å². The third-order valence-electron chi connectivity index (χ3n) is 5.80. The topological polar surface area (TPSA) is 54.6 Å². The Morgan fingerprint density at radius 2 is 1.65 bits per heavy atom. The van der Waals surface area contributed by atoms with Crippen LogP contribution in [0.5, 0.6) is 5.75 Å². The number of H-pyrrole nitrogens is 1. The molecule has 1 amide bonds. The third-order valence-corrected chi connectivity index (χ3v) is 5.80. The molecule has 174 valence electrons. The number of carbonyl (C=O) groups is 1. The smallest absolute Gasteiger partial charge is 0.406 e. The summed E-state index contributed by atoms with van der Waals surface area (Å²) in [5, 5.41) is 0.853. The largest absolute Gasteiger partial charge is 0.573 e. The van der Waals surface area contributed by atoms with Crippen LogP contribution >= 0.6 is 0 Å². The fourth-order valence-electron chi connectivity index (χ4n) is 4.18. The Balaban J connectivity index is 1.48. The van der Waals surface area contributed by atoms with E-state index in [0.717, 1.165) is 27.6 Å². The van der Waals surface area contributed by atoms with E-state index in [2.05, 4.69) is 9.72 Å². The van der Waals surface area contributed by atoms with Gasteiger partial charge in [-0.2, -0.15) is 0 Å². The molecule has 0 spiro atoms. The number of amides is 1. The van der Waals surface area contributed by atoms with Crippen molar-refractivity contribution in [3.05, 3.63) is 78.5 Å². The van der Waals surface area contributed by atoms with Crippen molar-refractivity contribution >= 4 is 16.8 Å². The lowest BCUT2D eigenvalue weighted by molar-refractivity contribution is -0.274. The maximum Gasteiger partial charge on any atom is 0.573 e. The first-order valence-corrected chi connectivity index (χ1v) is 10.8. The molecule has 4 aromatic rings. The van der Waals surface area contributed by atoms with Crippen LogP contribution in [-0.4, -0.2) is 48.5 Å². The molecular weight excluding hydrogens is 445 g/mol. The van der Waals surface area contributed by atoms with Crippen molar-refractivity contribution in [3.63, 3.8) is 0 Å². The van der Waals surface area contributed by atoms with Crippen molar-refractivity contribution in [3.8, 4) is 28.0 Å². The number of benzene rings is 3. The molecule has 1 N–H and O–H groups in total. The normalized spacial score (nSPS) is 14.4. The predicted octanol–water partition coefficient (Wildman–Crippen LogP) is 5.87. The summed E-state index contributed by atoms with van der Waals surface area (Å²) in [6.07, 6.45) is -2.99. The van der Waals surface area contributed by atoms with Crippen molar-refractivity contribution in [1.29, 1.82) is 0 Å². The number of fused-ring (bicyclic) bond motifs is 1. The first-order chi connectivity index (χ1) is 16.4. The molecule has 3 aromatic carbocycles. The average molecular weight is 466 g/mol. The summed E-state index contributed by atoms with van der Waals surface area (Å²) in [6, 6.07) is 19.2. The summed E-state index contributed by atoms with van der Waals surface area (Å²) < 4.78 is 47.4. The van der Waals surface area contributed by atoms with Gasteiger partial charge in [-0.05, 0) is 53.1 Å². The summed E-state index contributed by atoms with van der Waals surface area (Å²) in [4.78, 5) is 17.9. The molecule has 1 fully saturated rings. The van der Waals surface area contributed by atoms with Crippen LogP contribution in [-0.2, 0) is 4.74 Å². The summed E-state index contributed by atoms with van der Waals surface area (Å²) in [5.41, 5.74) is 4.58. The van der Waals surface area contributed by atoms with Crippen LogP contribution in [0.2, 0.25) is 0 Å². The van der Waals surface area contributed by atoms with Gasteiger partial charge < -0.3 is 19.4 Å². The molecule has 0 aliphatic carbocycles. The zero-order valence-corrected chi connectivity index (χ0v) is 18.1. The molecule has 0 radical (unpaired) electrons. The fraction of sp³-hybridized carbons (Fsp3) is 0.192. The molecule has 0 atom stereocenters. The number of hydrogen-bond acceptors (Lipinski definition) is 3. The van der Waals surface area contributed by atoms with Gasteiger partial charge in [0.05, 0.1) is 13.2 Å². The van der Waals surface area contributed by atoms with E-state index in [1.807, 2.05) is 36.4 Å². The number of carbonyl (C=O) groups excluding carboxylic acids is 1. The lowest BCUT2D eigenvalue weighted by atomic mass is 9.98. The summed E-state index contributed by atoms with van der Waals surface area (Å²) in [7, 11) is 0. The van der Waals surface area contributed by atoms with Gasteiger partial charge >= 0.3 is 6.36 Å². The maximum atomic E-state index is 12.9. The van der Waals surface area contributed by atoms with Crippen LogP contribution in [0, 0.1) is 0 Å². The number of aromatic amines is 1. The zero-order chi connectivity index (χ0) is 23.7. The van der Waals surface area contributed by atoms with E-state index < -0.39 is 6.36 Å². The Bertz CT molecular complexity index is 1340. The predicted molar refractivity (Wildman–Crippen MR) is 123 cm³/mol. The number of rotatable bonds is 4. The molecule has 0 bridgehead atoms. The molecule has 1 aliphatic heterocycles. The van der Waals surface area contributed by atoms with Crippen molar-refractivity contribution < 1.29 is 27.4 Å². The lowest BCUT2D eigenvalue weighted by Crippen LogP contribution is -2.40. The van der Waals surface area contributed by atoms with Gasteiger partial charge in [-0.1, -0.05) is 30.3 Å². The Kier molecular flexibility index (Phi) is 5.75. The van der Waals surface area contributed by atoms with Gasteiger partial charge in [0.15, 0.2) is 0 Å². The second-order valence-electron chi connectivity index (χ2n) is 8.02. The number of morpholine rings is 1. The van der Waals surface area contributed by atoms with Crippen molar-refractivity contribution in [2.45, 2.75) is 6.36 Å². The lowest BCUT2D eigenvalue weighted by Gasteiger charge is -2.27. The van der Waals surface area contributed by atoms with E-state index in [1.165, 1.54) is 18.2 Å². The number of alkyl halides is 3. The second-order valence-corrected chi connectivity index (χ2v) is 8.02. The minimum atomic E-state index is -4.75. The highest BCUT2D eigenvalue weighted by Gasteiger charge is 2.31. The summed E-state index contributed by atoms with van der Waals surface area (Å²) in [6.45, 7) is 2.21. The van der Waals surface area contributed by atoms with E-state index in [-0.39, 0.29) is 11.7 Å². The highest BCUT2D eigenvalue weighted by Crippen LogP contribution is 2.35. The molecule has 1 aromatic heterocycles. The highest BCUT2D eigenvalue weighted by molar-refractivity contribution is 5.99. The van der Waals surface area contributed by atoms with E-state index in [4.69, 9.17) is 4.74 Å². The Morgan fingerprint density at radius 1 is 0.912 bits per heavy atom. The molecule has 34 heavy (non-hydrogen) atoms. The van der Waals surface area contributed by atoms with Crippen LogP contribution in [0.3, 0.4) is 0 Å². The zero-order valence-electron chi connectivity index (χ0n) is 18.1. The van der Waals surface area contributed by atoms with Gasteiger partial charge in [0, 0.05) is 41.3 Å². The first-order valence-electron chi connectivity index (χ1n) is 10.8. The summed E-state index contributed by atoms with van der Waals surface area (Å²) in [5.74, 6) is -0.306. The standard InChI is InChI=1S/C26H21F3N2O3/c27-26(28,29)34-21-6-2-4-19(14-21)23-16-30-24-8-7-18(15-22(23)24)17-3-1-5-20(13-17)25(32)31-9-11-33-12-10-31/h1-8,13-16,30H,9-12H2. The average Bonchev–Trinajstić information content (AvgIpc) is 3.27. The minimum Gasteiger partial charge on any atom is -0.406 e. The van der Waals surface area contributed by atoms with Gasteiger partial charge in [-0.3, -0.25) is 4.79 Å². The molecule has 1 saturated heterocycles. The van der Waals surface area contributed by atoms with Crippen molar-refractivity contribution in [2.24, 2.45) is 0 Å². The van der Waals surface area contributed by atoms with Gasteiger partial charge in [0.25, 0.3) is 5.91 Å². The molecule has 5 rings (SSSR count). The van der Waals surface area contributed by atoms with Gasteiger partial charge in [0.1, 0.15) is 5.75 Å². The van der Waals surface area contributed by atoms with Crippen LogP contribution in [0.1, 0.15) is 10.4 Å². The molecule has 0 unspecified atom stereocenters. The van der Waals surface area contributed by atoms with E-state index in [9.17, 15) is 18.0 Å². The fourth-order valence-corrected chi connectivity index (χ4v) is 4.18. The number of halogens is 3. The Morgan fingerprint density at radius 3 is 2.44 bits per heavy atom. The molecule has 0 saturated carbocycles. The monoisotopic (exact) mass is 466 g/mol. The van der Waals surface area contributed by atoms with Crippen molar-refractivity contribution in [2.75, 3.05) is 26.3 Å². The third kappa shape index (κ3) is 4.63. The Labute approximate surface area is 193 Å². The number of nitrogens with zero attached hydrogens (tertiary/aromatic N) is 1. The van der Waals surface area contributed by atoms with Crippen molar-refractivity contribution in [1.82, 2.24) is 9.88 Å². The van der Waals surface area contributed by atoms with E-state index >= 15 is 0 Å². The van der Waals surface area contributed by atoms with Crippen LogP contribution in [0.4, 0.5) is 13.2 Å². The first kappa shape index (κ1) is 22.0. The van der Waals surface area contributed by atoms with Gasteiger partial charge in [0.2, 0.25) is 0 Å². The van der Waals surface area contributed by atoms with Crippen LogP contribution < -0.4 is 4.74 Å². The maximum absolute atomic E-state index is 12.9. The summed E-state index contributed by atoms with van der Waals surface area (Å²) >= 11 is 0. The number of nitrogens with one attached hydrogen (secondary N) is 1. The van der Waals surface area contributed by atoms with E-state index in [1.54, 1.807) is 23.2 Å². The molecule has 5 nitrogen and oxygen atoms in total. The molecule has 1 aliphatic rings. The number of aromatic nitrogens is 1. The van der Waals surface area contributed by atoms with E-state index in [0.29, 0.717) is 37.4 Å². The van der Waals surface area contributed by atoms with Gasteiger partial charge in [-0.15, -0.1) is 13.2 Å². The quantitative estimate of drug-likeness (QED) is 0.409. The number of ether oxygens (including phenoxy) is 2. The highest BCUT2D eigenvalue weighted by atomic mass is 19.4. The molecule has 2 heterocycles. The van der Waals surface area contributed by atoms with Gasteiger partial charge in [-0.25, -0.2) is 0 Å². The molecule has 8 heteroatoms. The SMILES string of the molecule is O=C(c1cccc(-c2ccc3[nH]cc(-c4cccc(OC(F)(F)F)c4)c3c2)c1)N1CCOCC1. The Hall–Kier alpha value is -3.78. The van der Waals surface area contributed by atoms with Crippen LogP contribution in [0.25, 0.3) is 33.2 Å². The second kappa shape index (κ2) is 8.87.